The van der Waals surface area contributed by atoms with Gasteiger partial charge >= 0.3 is 0 Å². The van der Waals surface area contributed by atoms with Gasteiger partial charge in [0.2, 0.25) is 5.91 Å². The second kappa shape index (κ2) is 5.72. The molecule has 0 spiro atoms. The Morgan fingerprint density at radius 3 is 2.71 bits per heavy atom. The average Bonchev–Trinajstić information content (AvgIpc) is 2.32. The highest BCUT2D eigenvalue weighted by Crippen LogP contribution is 2.17. The van der Waals surface area contributed by atoms with Crippen LogP contribution in [0, 0.1) is 17.6 Å². The summed E-state index contributed by atoms with van der Waals surface area (Å²) in [5, 5.41) is 2.29. The van der Waals surface area contributed by atoms with E-state index < -0.39 is 23.6 Å². The van der Waals surface area contributed by atoms with Gasteiger partial charge in [-0.2, -0.15) is 0 Å². The normalized spacial score (nSPS) is 14.2. The molecule has 0 heterocycles. The quantitative estimate of drug-likeness (QED) is 0.851. The van der Waals surface area contributed by atoms with E-state index in [2.05, 4.69) is 5.32 Å². The number of rotatable bonds is 4. The molecule has 5 heteroatoms. The van der Waals surface area contributed by atoms with Gasteiger partial charge in [-0.05, 0) is 18.1 Å². The van der Waals surface area contributed by atoms with Crippen LogP contribution in [0.2, 0.25) is 0 Å². The molecule has 0 bridgehead atoms. The summed E-state index contributed by atoms with van der Waals surface area (Å²) in [4.78, 5) is 11.7. The lowest BCUT2D eigenvalue weighted by molar-refractivity contribution is -0.118. The number of halogens is 2. The summed E-state index contributed by atoms with van der Waals surface area (Å²) >= 11 is 0. The molecular weight excluding hydrogens is 226 g/mol. The van der Waals surface area contributed by atoms with Crippen molar-refractivity contribution in [3.63, 3.8) is 0 Å². The molecule has 1 amide bonds. The Balaban J connectivity index is 2.78. The molecule has 1 rings (SSSR count). The molecule has 17 heavy (non-hydrogen) atoms. The number of amides is 1. The van der Waals surface area contributed by atoms with Gasteiger partial charge in [0.25, 0.3) is 0 Å². The monoisotopic (exact) mass is 242 g/mol. The zero-order valence-corrected chi connectivity index (χ0v) is 9.84. The minimum absolute atomic E-state index is 0.0216. The van der Waals surface area contributed by atoms with Crippen LogP contribution in [0.25, 0.3) is 0 Å². The number of nitrogens with one attached hydrogen (secondary N) is 1. The third kappa shape index (κ3) is 3.23. The van der Waals surface area contributed by atoms with Crippen LogP contribution >= 0.6 is 0 Å². The van der Waals surface area contributed by atoms with Crippen molar-refractivity contribution in [1.29, 1.82) is 0 Å². The maximum atomic E-state index is 13.3. The Hall–Kier alpha value is -1.49. The van der Waals surface area contributed by atoms with Crippen LogP contribution in [0.15, 0.2) is 18.2 Å². The van der Waals surface area contributed by atoms with Crippen LogP contribution in [0.4, 0.5) is 14.5 Å². The molecule has 3 nitrogen and oxygen atoms in total. The molecule has 1 aromatic carbocycles. The molecule has 0 aliphatic rings. The molecule has 0 aliphatic heterocycles. The fourth-order valence-corrected chi connectivity index (χ4v) is 1.33. The molecule has 2 atom stereocenters. The van der Waals surface area contributed by atoms with Crippen molar-refractivity contribution in [3.05, 3.63) is 29.8 Å². The van der Waals surface area contributed by atoms with Gasteiger partial charge in [-0.1, -0.05) is 26.3 Å². The van der Waals surface area contributed by atoms with E-state index in [1.807, 2.05) is 13.8 Å². The van der Waals surface area contributed by atoms with Crippen LogP contribution in [-0.4, -0.2) is 11.9 Å². The summed E-state index contributed by atoms with van der Waals surface area (Å²) in [5.74, 6) is -2.60. The largest absolute Gasteiger partial charge is 0.322 e. The van der Waals surface area contributed by atoms with E-state index in [9.17, 15) is 13.6 Å². The first-order valence-electron chi connectivity index (χ1n) is 5.47. The number of carbonyl (C=O) groups excluding carboxylic acids is 1. The van der Waals surface area contributed by atoms with Gasteiger partial charge in [-0.15, -0.1) is 0 Å². The Kier molecular flexibility index (Phi) is 4.57. The zero-order chi connectivity index (χ0) is 13.0. The van der Waals surface area contributed by atoms with E-state index in [-0.39, 0.29) is 11.6 Å². The molecule has 0 saturated heterocycles. The summed E-state index contributed by atoms with van der Waals surface area (Å²) in [6.45, 7) is 3.73. The van der Waals surface area contributed by atoms with Crippen molar-refractivity contribution < 1.29 is 13.6 Å². The molecule has 1 aromatic rings. The SMILES string of the molecule is CC[C@H](C)[C@H](N)C(=O)Nc1cccc(F)c1F. The van der Waals surface area contributed by atoms with Gasteiger partial charge in [0.05, 0.1) is 11.7 Å². The van der Waals surface area contributed by atoms with Gasteiger partial charge in [-0.25, -0.2) is 8.78 Å². The lowest BCUT2D eigenvalue weighted by Crippen LogP contribution is -2.40. The standard InChI is InChI=1S/C12H16F2N2O/c1-3-7(2)11(15)12(17)16-9-6-4-5-8(13)10(9)14/h4-7,11H,3,15H2,1-2H3,(H,16,17)/t7-,11-/m0/s1. The Morgan fingerprint density at radius 1 is 1.47 bits per heavy atom. The first-order chi connectivity index (χ1) is 7.97. The fraction of sp³-hybridized carbons (Fsp3) is 0.417. The van der Waals surface area contributed by atoms with Crippen LogP contribution in [0.5, 0.6) is 0 Å². The van der Waals surface area contributed by atoms with Crippen molar-refractivity contribution in [2.24, 2.45) is 11.7 Å². The summed E-state index contributed by atoms with van der Waals surface area (Å²) in [7, 11) is 0. The van der Waals surface area contributed by atoms with E-state index in [0.717, 1.165) is 12.5 Å². The Morgan fingerprint density at radius 2 is 2.12 bits per heavy atom. The average molecular weight is 242 g/mol. The molecule has 0 radical (unpaired) electrons. The van der Waals surface area contributed by atoms with Crippen molar-refractivity contribution in [2.45, 2.75) is 26.3 Å². The first-order valence-corrected chi connectivity index (χ1v) is 5.47. The molecule has 94 valence electrons. The van der Waals surface area contributed by atoms with Crippen LogP contribution in [0.1, 0.15) is 20.3 Å². The van der Waals surface area contributed by atoms with Crippen molar-refractivity contribution in [2.75, 3.05) is 5.32 Å². The number of nitrogens with two attached hydrogens (primary N) is 1. The highest BCUT2D eigenvalue weighted by molar-refractivity contribution is 5.94. The molecule has 0 saturated carbocycles. The first kappa shape index (κ1) is 13.6. The third-order valence-electron chi connectivity index (χ3n) is 2.77. The topological polar surface area (TPSA) is 55.1 Å². The van der Waals surface area contributed by atoms with Gasteiger partial charge in [0.15, 0.2) is 11.6 Å². The Bertz CT molecular complexity index is 409. The highest BCUT2D eigenvalue weighted by Gasteiger charge is 2.20. The maximum absolute atomic E-state index is 13.3. The second-order valence-electron chi connectivity index (χ2n) is 4.00. The molecule has 0 fully saturated rings. The fourth-order valence-electron chi connectivity index (χ4n) is 1.33. The Labute approximate surface area is 99.0 Å². The number of carbonyl (C=O) groups is 1. The van der Waals surface area contributed by atoms with Gasteiger partial charge < -0.3 is 11.1 Å². The van der Waals surface area contributed by atoms with Gasteiger partial charge in [0, 0.05) is 0 Å². The van der Waals surface area contributed by atoms with E-state index in [4.69, 9.17) is 5.73 Å². The molecule has 0 aromatic heterocycles. The van der Waals surface area contributed by atoms with E-state index in [1.54, 1.807) is 0 Å². The van der Waals surface area contributed by atoms with E-state index in [0.29, 0.717) is 0 Å². The zero-order valence-electron chi connectivity index (χ0n) is 9.84. The highest BCUT2D eigenvalue weighted by atomic mass is 19.2. The van der Waals surface area contributed by atoms with E-state index >= 15 is 0 Å². The minimum atomic E-state index is -1.07. The predicted molar refractivity (Wildman–Crippen MR) is 62.4 cm³/mol. The van der Waals surface area contributed by atoms with Gasteiger partial charge in [-0.3, -0.25) is 4.79 Å². The van der Waals surface area contributed by atoms with E-state index in [1.165, 1.54) is 12.1 Å². The maximum Gasteiger partial charge on any atom is 0.241 e. The smallest absolute Gasteiger partial charge is 0.241 e. The molecule has 3 N–H and O–H groups in total. The van der Waals surface area contributed by atoms with Crippen LogP contribution in [0.3, 0.4) is 0 Å². The minimum Gasteiger partial charge on any atom is -0.322 e. The lowest BCUT2D eigenvalue weighted by Gasteiger charge is -2.17. The van der Waals surface area contributed by atoms with Crippen molar-refractivity contribution in [1.82, 2.24) is 0 Å². The number of hydrogen-bond acceptors (Lipinski definition) is 2. The predicted octanol–water partition coefficient (Wildman–Crippen LogP) is 2.28. The van der Waals surface area contributed by atoms with Crippen molar-refractivity contribution in [3.8, 4) is 0 Å². The summed E-state index contributed by atoms with van der Waals surface area (Å²) in [6.07, 6.45) is 0.736. The summed E-state index contributed by atoms with van der Waals surface area (Å²) in [5.41, 5.74) is 5.49. The van der Waals surface area contributed by atoms with Crippen molar-refractivity contribution >= 4 is 11.6 Å². The number of anilines is 1. The molecule has 0 unspecified atom stereocenters. The lowest BCUT2D eigenvalue weighted by atomic mass is 9.99. The summed E-state index contributed by atoms with van der Waals surface area (Å²) < 4.78 is 26.2. The molecule has 0 aliphatic carbocycles. The molecular formula is C12H16F2N2O. The third-order valence-corrected chi connectivity index (χ3v) is 2.77. The van der Waals surface area contributed by atoms with Gasteiger partial charge in [0.1, 0.15) is 0 Å². The number of hydrogen-bond donors (Lipinski definition) is 2. The van der Waals surface area contributed by atoms with Crippen LogP contribution < -0.4 is 11.1 Å². The second-order valence-corrected chi connectivity index (χ2v) is 4.00. The van der Waals surface area contributed by atoms with Crippen LogP contribution in [-0.2, 0) is 4.79 Å². The number of benzene rings is 1. The summed E-state index contributed by atoms with van der Waals surface area (Å²) in [6, 6.07) is 2.87.